The van der Waals surface area contributed by atoms with E-state index in [0.29, 0.717) is 23.5 Å². The molecule has 0 fully saturated rings. The van der Waals surface area contributed by atoms with Crippen LogP contribution in [0.2, 0.25) is 0 Å². The van der Waals surface area contributed by atoms with Crippen LogP contribution < -0.4 is 15.2 Å². The molecule has 0 aliphatic carbocycles. The van der Waals surface area contributed by atoms with Crippen LogP contribution in [0.1, 0.15) is 43.0 Å². The minimum atomic E-state index is -0.752. The van der Waals surface area contributed by atoms with Gasteiger partial charge in [-0.05, 0) is 30.4 Å². The van der Waals surface area contributed by atoms with E-state index >= 15 is 0 Å². The van der Waals surface area contributed by atoms with Gasteiger partial charge in [-0.2, -0.15) is 5.26 Å². The number of ether oxygens (including phenoxy) is 2. The lowest BCUT2D eigenvalue weighted by molar-refractivity contribution is -0.386. The number of benzene rings is 1. The van der Waals surface area contributed by atoms with Gasteiger partial charge in [0, 0.05) is 17.3 Å². The molecule has 2 aromatic rings. The zero-order chi connectivity index (χ0) is 21.3. The Kier molecular flexibility index (Phi) is 5.32. The molecular formula is C19H21N5O5. The standard InChI is InChI=1S/C19H21N5O5/c1-9(2)4-5-12-16-15(11(8-20)18(21)29-19(16)23-22-12)10-6-13(24(26)27)17(25)14(7-10)28-3/h6-7,9,15,25H,4-5,21H2,1-3H3,(H,22,23). The number of methoxy groups -OCH3 is 1. The molecule has 0 saturated carbocycles. The number of phenols is 1. The van der Waals surface area contributed by atoms with Crippen LogP contribution in [0.25, 0.3) is 0 Å². The number of aromatic amines is 1. The molecule has 0 saturated heterocycles. The number of nitrogens with one attached hydrogen (secondary N) is 1. The van der Waals surface area contributed by atoms with Crippen molar-refractivity contribution in [2.75, 3.05) is 7.11 Å². The number of phenolic OH excluding ortho intramolecular Hbond substituents is 1. The first-order chi connectivity index (χ1) is 13.8. The molecule has 1 aromatic carbocycles. The highest BCUT2D eigenvalue weighted by Crippen LogP contribution is 2.47. The lowest BCUT2D eigenvalue weighted by Crippen LogP contribution is -2.21. The van der Waals surface area contributed by atoms with Crippen molar-refractivity contribution < 1.29 is 19.5 Å². The summed E-state index contributed by atoms with van der Waals surface area (Å²) >= 11 is 0. The third-order valence-corrected chi connectivity index (χ3v) is 4.82. The molecule has 152 valence electrons. The van der Waals surface area contributed by atoms with Crippen molar-refractivity contribution in [2.45, 2.75) is 32.6 Å². The van der Waals surface area contributed by atoms with Crippen LogP contribution in [-0.2, 0) is 6.42 Å². The Morgan fingerprint density at radius 1 is 1.52 bits per heavy atom. The van der Waals surface area contributed by atoms with Crippen LogP contribution in [0.15, 0.2) is 23.6 Å². The molecule has 4 N–H and O–H groups in total. The number of fused-ring (bicyclic) bond motifs is 1. The van der Waals surface area contributed by atoms with Gasteiger partial charge in [-0.15, -0.1) is 5.10 Å². The van der Waals surface area contributed by atoms with Crippen LogP contribution >= 0.6 is 0 Å². The summed E-state index contributed by atoms with van der Waals surface area (Å²) in [6.45, 7) is 4.17. The van der Waals surface area contributed by atoms with Gasteiger partial charge in [0.1, 0.15) is 11.6 Å². The second-order valence-corrected chi connectivity index (χ2v) is 7.13. The summed E-state index contributed by atoms with van der Waals surface area (Å²) in [5, 5.41) is 38.3. The average molecular weight is 399 g/mol. The molecule has 0 amide bonds. The first kappa shape index (κ1) is 20.0. The number of nitro groups is 1. The van der Waals surface area contributed by atoms with E-state index in [1.165, 1.54) is 19.2 Å². The SMILES string of the molecule is COc1cc(C2C(C#N)=C(N)Oc3n[nH]c(CCC(C)C)c32)cc([N+](=O)[O-])c1O. The molecule has 1 atom stereocenters. The van der Waals surface area contributed by atoms with Crippen molar-refractivity contribution in [1.29, 1.82) is 5.26 Å². The largest absolute Gasteiger partial charge is 0.500 e. The average Bonchev–Trinajstić information content (AvgIpc) is 3.07. The predicted molar refractivity (Wildman–Crippen MR) is 102 cm³/mol. The van der Waals surface area contributed by atoms with E-state index in [1.807, 2.05) is 6.07 Å². The molecule has 1 aliphatic rings. The summed E-state index contributed by atoms with van der Waals surface area (Å²) in [7, 11) is 1.29. The number of nitrogens with zero attached hydrogens (tertiary/aromatic N) is 3. The topological polar surface area (TPSA) is 160 Å². The quantitative estimate of drug-likeness (QED) is 0.493. The van der Waals surface area contributed by atoms with E-state index in [-0.39, 0.29) is 23.1 Å². The molecule has 10 nitrogen and oxygen atoms in total. The number of nitrogens with two attached hydrogens (primary N) is 1. The first-order valence-corrected chi connectivity index (χ1v) is 8.98. The Morgan fingerprint density at radius 2 is 2.24 bits per heavy atom. The minimum absolute atomic E-state index is 0.0784. The Morgan fingerprint density at radius 3 is 2.83 bits per heavy atom. The van der Waals surface area contributed by atoms with Gasteiger partial charge >= 0.3 is 5.69 Å². The van der Waals surface area contributed by atoms with Crippen LogP contribution in [0, 0.1) is 27.4 Å². The summed E-state index contributed by atoms with van der Waals surface area (Å²) in [4.78, 5) is 10.7. The van der Waals surface area contributed by atoms with E-state index in [1.54, 1.807) is 0 Å². The Hall–Kier alpha value is -3.74. The lowest BCUT2D eigenvalue weighted by Gasteiger charge is -2.24. The second-order valence-electron chi connectivity index (χ2n) is 7.13. The highest BCUT2D eigenvalue weighted by Gasteiger charge is 2.37. The highest BCUT2D eigenvalue weighted by atomic mass is 16.6. The van der Waals surface area contributed by atoms with Gasteiger partial charge in [0.2, 0.25) is 17.5 Å². The summed E-state index contributed by atoms with van der Waals surface area (Å²) in [5.74, 6) is -0.885. The van der Waals surface area contributed by atoms with Gasteiger partial charge in [0.25, 0.3) is 0 Å². The molecule has 0 radical (unpaired) electrons. The summed E-state index contributed by atoms with van der Waals surface area (Å²) in [5.41, 5.74) is 7.22. The second kappa shape index (κ2) is 7.71. The number of rotatable bonds is 6. The van der Waals surface area contributed by atoms with Gasteiger partial charge < -0.3 is 20.3 Å². The fourth-order valence-electron chi connectivity index (χ4n) is 3.34. The molecule has 0 bridgehead atoms. The van der Waals surface area contributed by atoms with E-state index in [9.17, 15) is 20.5 Å². The van der Waals surface area contributed by atoms with Crippen LogP contribution in [0.3, 0.4) is 0 Å². The lowest BCUT2D eigenvalue weighted by atomic mass is 9.82. The summed E-state index contributed by atoms with van der Waals surface area (Å²) in [6.07, 6.45) is 1.51. The summed E-state index contributed by atoms with van der Waals surface area (Å²) < 4.78 is 10.6. The van der Waals surface area contributed by atoms with E-state index in [0.717, 1.165) is 12.1 Å². The molecule has 1 unspecified atom stereocenters. The molecular weight excluding hydrogens is 378 g/mol. The van der Waals surface area contributed by atoms with Gasteiger partial charge in [-0.25, -0.2) is 0 Å². The zero-order valence-corrected chi connectivity index (χ0v) is 16.2. The van der Waals surface area contributed by atoms with E-state index < -0.39 is 22.3 Å². The van der Waals surface area contributed by atoms with Crippen molar-refractivity contribution in [1.82, 2.24) is 10.2 Å². The molecule has 1 aliphatic heterocycles. The van der Waals surface area contributed by atoms with Gasteiger partial charge in [0.15, 0.2) is 5.75 Å². The number of nitro benzene ring substituents is 1. The van der Waals surface area contributed by atoms with Gasteiger partial charge in [0.05, 0.1) is 18.0 Å². The van der Waals surface area contributed by atoms with Crippen molar-refractivity contribution >= 4 is 5.69 Å². The first-order valence-electron chi connectivity index (χ1n) is 8.98. The van der Waals surface area contributed by atoms with E-state index in [2.05, 4.69) is 24.0 Å². The van der Waals surface area contributed by atoms with Crippen molar-refractivity contribution in [3.63, 3.8) is 0 Å². The number of H-pyrrole nitrogens is 1. The normalized spacial score (nSPS) is 15.6. The van der Waals surface area contributed by atoms with Gasteiger partial charge in [-0.3, -0.25) is 15.2 Å². The monoisotopic (exact) mass is 399 g/mol. The molecule has 29 heavy (non-hydrogen) atoms. The van der Waals surface area contributed by atoms with Gasteiger partial charge in [-0.1, -0.05) is 13.8 Å². The van der Waals surface area contributed by atoms with Crippen molar-refractivity contribution in [3.8, 4) is 23.4 Å². The number of aromatic nitrogens is 2. The number of aryl methyl sites for hydroxylation is 1. The molecule has 1 aromatic heterocycles. The number of hydrogen-bond donors (Lipinski definition) is 3. The maximum absolute atomic E-state index is 11.4. The minimum Gasteiger partial charge on any atom is -0.500 e. The van der Waals surface area contributed by atoms with Crippen LogP contribution in [0.4, 0.5) is 5.69 Å². The molecule has 10 heteroatoms. The number of allylic oxidation sites excluding steroid dienone is 1. The Balaban J connectivity index is 2.23. The predicted octanol–water partition coefficient (Wildman–Crippen LogP) is 2.84. The van der Waals surface area contributed by atoms with Crippen molar-refractivity contribution in [3.05, 3.63) is 50.5 Å². The zero-order valence-electron chi connectivity index (χ0n) is 16.2. The number of nitriles is 1. The third-order valence-electron chi connectivity index (χ3n) is 4.82. The number of hydrogen-bond acceptors (Lipinski definition) is 8. The molecule has 3 rings (SSSR count). The fraction of sp³-hybridized carbons (Fsp3) is 0.368. The molecule has 2 heterocycles. The molecule has 0 spiro atoms. The van der Waals surface area contributed by atoms with Crippen molar-refractivity contribution in [2.24, 2.45) is 11.7 Å². The smallest absolute Gasteiger partial charge is 0.314 e. The highest BCUT2D eigenvalue weighted by molar-refractivity contribution is 5.63. The Bertz CT molecular complexity index is 1030. The Labute approximate surface area is 166 Å². The van der Waals surface area contributed by atoms with Crippen LogP contribution in [0.5, 0.6) is 17.4 Å². The fourth-order valence-corrected chi connectivity index (χ4v) is 3.34. The number of aromatic hydroxyl groups is 1. The maximum Gasteiger partial charge on any atom is 0.314 e. The maximum atomic E-state index is 11.4. The summed E-state index contributed by atoms with van der Waals surface area (Å²) in [6, 6.07) is 4.70. The third kappa shape index (κ3) is 3.54. The van der Waals surface area contributed by atoms with Crippen LogP contribution in [-0.4, -0.2) is 27.3 Å². The van der Waals surface area contributed by atoms with E-state index in [4.69, 9.17) is 15.2 Å².